The van der Waals surface area contributed by atoms with Crippen molar-refractivity contribution < 1.29 is 9.18 Å². The van der Waals surface area contributed by atoms with Crippen LogP contribution in [0, 0.1) is 5.82 Å². The lowest BCUT2D eigenvalue weighted by Crippen LogP contribution is -2.37. The smallest absolute Gasteiger partial charge is 0.266 e. The number of carbonyl (C=O) groups excluding carboxylic acids is 1. The van der Waals surface area contributed by atoms with Gasteiger partial charge in [0.2, 0.25) is 0 Å². The number of aromatic nitrogens is 2. The van der Waals surface area contributed by atoms with E-state index in [9.17, 15) is 14.0 Å². The Labute approximate surface area is 164 Å². The molecular weight excluding hydrogens is 392 g/mol. The monoisotopic (exact) mass is 407 g/mol. The third kappa shape index (κ3) is 3.68. The van der Waals surface area contributed by atoms with Gasteiger partial charge in [-0.3, -0.25) is 14.2 Å². The molecule has 1 atom stereocenters. The predicted molar refractivity (Wildman–Crippen MR) is 104 cm³/mol. The van der Waals surface area contributed by atoms with Crippen molar-refractivity contribution in [2.75, 3.05) is 7.05 Å². The lowest BCUT2D eigenvalue weighted by molar-refractivity contribution is -0.130. The van der Waals surface area contributed by atoms with E-state index in [2.05, 4.69) is 4.98 Å². The number of rotatable bonds is 4. The van der Waals surface area contributed by atoms with Crippen LogP contribution < -0.4 is 5.56 Å². The van der Waals surface area contributed by atoms with Crippen LogP contribution >= 0.6 is 23.2 Å². The van der Waals surface area contributed by atoms with Crippen LogP contribution in [0.15, 0.2) is 53.3 Å². The molecule has 1 unspecified atom stereocenters. The van der Waals surface area contributed by atoms with E-state index in [0.29, 0.717) is 22.4 Å². The number of halogens is 3. The molecular formula is C19H16Cl2FN3O2. The van der Waals surface area contributed by atoms with Crippen molar-refractivity contribution in [3.63, 3.8) is 0 Å². The molecule has 5 nitrogen and oxygen atoms in total. The van der Waals surface area contributed by atoms with Gasteiger partial charge in [0.1, 0.15) is 11.6 Å². The van der Waals surface area contributed by atoms with Crippen molar-refractivity contribution in [3.05, 3.63) is 70.5 Å². The van der Waals surface area contributed by atoms with Crippen LogP contribution in [-0.4, -0.2) is 32.2 Å². The van der Waals surface area contributed by atoms with Gasteiger partial charge in [-0.1, -0.05) is 35.3 Å². The first-order valence-corrected chi connectivity index (χ1v) is 9.01. The van der Waals surface area contributed by atoms with Gasteiger partial charge in [-0.05, 0) is 43.3 Å². The molecule has 0 N–H and O–H groups in total. The van der Waals surface area contributed by atoms with Crippen molar-refractivity contribution in [2.45, 2.75) is 17.8 Å². The lowest BCUT2D eigenvalue weighted by atomic mass is 10.2. The third-order valence-electron chi connectivity index (χ3n) is 4.38. The molecule has 27 heavy (non-hydrogen) atoms. The van der Waals surface area contributed by atoms with Gasteiger partial charge >= 0.3 is 0 Å². The Hall–Kier alpha value is -2.44. The van der Waals surface area contributed by atoms with Gasteiger partial charge in [-0.2, -0.15) is 0 Å². The summed E-state index contributed by atoms with van der Waals surface area (Å²) in [6.45, 7) is 1.71. The Balaban J connectivity index is 2.27. The molecule has 0 aliphatic carbocycles. The predicted octanol–water partition coefficient (Wildman–Crippen LogP) is 3.85. The Morgan fingerprint density at radius 3 is 2.41 bits per heavy atom. The van der Waals surface area contributed by atoms with Crippen LogP contribution in [0.5, 0.6) is 0 Å². The maximum absolute atomic E-state index is 13.4. The van der Waals surface area contributed by atoms with Crippen molar-refractivity contribution >= 4 is 40.0 Å². The number of para-hydroxylation sites is 1. The number of fused-ring (bicyclic) bond motifs is 1. The minimum atomic E-state index is -1.23. The summed E-state index contributed by atoms with van der Waals surface area (Å²) in [5.74, 6) is -0.622. The zero-order valence-electron chi connectivity index (χ0n) is 14.6. The molecule has 8 heteroatoms. The topological polar surface area (TPSA) is 55.2 Å². The second-order valence-corrected chi connectivity index (χ2v) is 7.13. The van der Waals surface area contributed by atoms with E-state index in [4.69, 9.17) is 23.2 Å². The summed E-state index contributed by atoms with van der Waals surface area (Å²) in [4.78, 5) is 30.0. The minimum absolute atomic E-state index is 0.315. The second-order valence-electron chi connectivity index (χ2n) is 6.03. The molecule has 1 heterocycles. The molecule has 0 aliphatic heterocycles. The average molecular weight is 408 g/mol. The summed E-state index contributed by atoms with van der Waals surface area (Å²) >= 11 is 11.4. The second kappa shape index (κ2) is 7.66. The van der Waals surface area contributed by atoms with Crippen LogP contribution in [0.4, 0.5) is 4.39 Å². The minimum Gasteiger partial charge on any atom is -0.333 e. The van der Waals surface area contributed by atoms with E-state index in [0.717, 1.165) is 0 Å². The van der Waals surface area contributed by atoms with Crippen molar-refractivity contribution in [1.29, 1.82) is 0 Å². The van der Waals surface area contributed by atoms with E-state index >= 15 is 0 Å². The molecule has 0 spiro atoms. The summed E-state index contributed by atoms with van der Waals surface area (Å²) in [6, 6.07) is 11.8. The molecule has 0 saturated heterocycles. The molecule has 3 rings (SSSR count). The van der Waals surface area contributed by atoms with Gasteiger partial charge < -0.3 is 4.90 Å². The summed E-state index contributed by atoms with van der Waals surface area (Å²) in [5.41, 5.74) is 0.621. The highest BCUT2D eigenvalue weighted by Crippen LogP contribution is 2.23. The quantitative estimate of drug-likeness (QED) is 0.617. The number of amides is 1. The van der Waals surface area contributed by atoms with Gasteiger partial charge in [0.05, 0.1) is 22.6 Å². The Morgan fingerprint density at radius 2 is 1.78 bits per heavy atom. The molecule has 0 saturated carbocycles. The molecule has 1 aromatic heterocycles. The molecule has 0 radical (unpaired) electrons. The van der Waals surface area contributed by atoms with E-state index < -0.39 is 22.6 Å². The molecule has 1 amide bonds. The first-order valence-electron chi connectivity index (χ1n) is 8.13. The molecule has 140 valence electrons. The average Bonchev–Trinajstić information content (AvgIpc) is 2.67. The van der Waals surface area contributed by atoms with Gasteiger partial charge in [0, 0.05) is 7.05 Å². The van der Waals surface area contributed by atoms with Crippen LogP contribution in [0.25, 0.3) is 16.6 Å². The summed E-state index contributed by atoms with van der Waals surface area (Å²) < 4.78 is 14.7. The fourth-order valence-corrected chi connectivity index (χ4v) is 3.10. The summed E-state index contributed by atoms with van der Waals surface area (Å²) in [5, 5.41) is 0.416. The van der Waals surface area contributed by atoms with Crippen LogP contribution in [0.3, 0.4) is 0 Å². The molecule has 0 aliphatic rings. The Bertz CT molecular complexity index is 1050. The van der Waals surface area contributed by atoms with Crippen LogP contribution in [0.1, 0.15) is 18.8 Å². The van der Waals surface area contributed by atoms with Crippen molar-refractivity contribution in [2.24, 2.45) is 0 Å². The highest BCUT2D eigenvalue weighted by molar-refractivity contribution is 6.53. The summed E-state index contributed by atoms with van der Waals surface area (Å²) in [7, 11) is 1.53. The van der Waals surface area contributed by atoms with Crippen LogP contribution in [-0.2, 0) is 4.79 Å². The standard InChI is InChI=1S/C19H16Cl2FN3O2/c1-11(24(2)19(27)16(20)21)17-23-15-6-4-3-5-14(15)18(26)25(17)13-9-7-12(22)8-10-13/h3-11,16H,1-2H3. The molecule has 2 aromatic carbocycles. The van der Waals surface area contributed by atoms with Gasteiger partial charge in [-0.15, -0.1) is 0 Å². The Kier molecular flexibility index (Phi) is 5.48. The van der Waals surface area contributed by atoms with E-state index in [1.165, 1.54) is 40.8 Å². The van der Waals surface area contributed by atoms with Gasteiger partial charge in [-0.25, -0.2) is 9.37 Å². The van der Waals surface area contributed by atoms with E-state index in [-0.39, 0.29) is 5.56 Å². The van der Waals surface area contributed by atoms with Crippen LogP contribution in [0.2, 0.25) is 0 Å². The Morgan fingerprint density at radius 1 is 1.15 bits per heavy atom. The number of hydrogen-bond acceptors (Lipinski definition) is 3. The van der Waals surface area contributed by atoms with E-state index in [1.807, 2.05) is 0 Å². The SMILES string of the molecule is CC(c1nc2ccccc2c(=O)n1-c1ccc(F)cc1)N(C)C(=O)C(Cl)Cl. The van der Waals surface area contributed by atoms with Gasteiger partial charge in [0.25, 0.3) is 11.5 Å². The summed E-state index contributed by atoms with van der Waals surface area (Å²) in [6.07, 6.45) is 0. The zero-order valence-corrected chi connectivity index (χ0v) is 16.1. The molecule has 0 fully saturated rings. The first-order chi connectivity index (χ1) is 12.8. The van der Waals surface area contributed by atoms with E-state index in [1.54, 1.807) is 31.2 Å². The largest absolute Gasteiger partial charge is 0.333 e. The number of hydrogen-bond donors (Lipinski definition) is 0. The fourth-order valence-electron chi connectivity index (χ4n) is 2.79. The first kappa shape index (κ1) is 19.3. The third-order valence-corrected chi connectivity index (χ3v) is 4.75. The number of nitrogens with zero attached hydrogens (tertiary/aromatic N) is 3. The highest BCUT2D eigenvalue weighted by atomic mass is 35.5. The van der Waals surface area contributed by atoms with Crippen molar-refractivity contribution in [1.82, 2.24) is 14.5 Å². The normalized spacial score (nSPS) is 12.4. The maximum Gasteiger partial charge on any atom is 0.266 e. The number of carbonyl (C=O) groups is 1. The number of benzene rings is 2. The van der Waals surface area contributed by atoms with Crippen molar-refractivity contribution in [3.8, 4) is 5.69 Å². The lowest BCUT2D eigenvalue weighted by Gasteiger charge is -2.27. The van der Waals surface area contributed by atoms with Gasteiger partial charge in [0.15, 0.2) is 4.84 Å². The molecule has 0 bridgehead atoms. The molecule has 3 aromatic rings. The maximum atomic E-state index is 13.4. The fraction of sp³-hybridized carbons (Fsp3) is 0.211. The zero-order chi connectivity index (χ0) is 19.7. The number of alkyl halides is 2. The highest BCUT2D eigenvalue weighted by Gasteiger charge is 2.26.